The standard InChI is InChI=1S/C22H28N4O/c1-16-20(15-23-25-16)22(27)26-12-10-18(11-13-26)21-9-5-8-19(24-21)14-17-6-3-2-4-7-17/h2-9,16,18,20,23,25H,10-15H2,1H3. The number of carbonyl (C=O) groups excluding carboxylic acids is 1. The summed E-state index contributed by atoms with van der Waals surface area (Å²) in [6.45, 7) is 4.45. The van der Waals surface area contributed by atoms with Crippen LogP contribution in [0.1, 0.15) is 42.6 Å². The lowest BCUT2D eigenvalue weighted by Gasteiger charge is -2.34. The molecule has 1 aromatic heterocycles. The van der Waals surface area contributed by atoms with E-state index in [4.69, 9.17) is 4.98 Å². The molecule has 2 saturated heterocycles. The SMILES string of the molecule is CC1NNCC1C(=O)N1CCC(c2cccc(Cc3ccccc3)n2)CC1. The first kappa shape index (κ1) is 18.1. The number of nitrogens with one attached hydrogen (secondary N) is 2. The Morgan fingerprint density at radius 1 is 1.11 bits per heavy atom. The highest BCUT2D eigenvalue weighted by Crippen LogP contribution is 2.28. The molecule has 5 heteroatoms. The summed E-state index contributed by atoms with van der Waals surface area (Å²) >= 11 is 0. The number of pyridine rings is 1. The minimum absolute atomic E-state index is 0.0499. The minimum Gasteiger partial charge on any atom is -0.342 e. The van der Waals surface area contributed by atoms with Crippen LogP contribution in [-0.4, -0.2) is 41.5 Å². The summed E-state index contributed by atoms with van der Waals surface area (Å²) in [6, 6.07) is 17.0. The zero-order chi connectivity index (χ0) is 18.6. The fourth-order valence-corrected chi connectivity index (χ4v) is 4.17. The Hall–Kier alpha value is -2.24. The Balaban J connectivity index is 1.37. The van der Waals surface area contributed by atoms with Crippen molar-refractivity contribution >= 4 is 5.91 Å². The number of piperidine rings is 1. The van der Waals surface area contributed by atoms with E-state index in [1.807, 2.05) is 11.0 Å². The highest BCUT2D eigenvalue weighted by Gasteiger charge is 2.34. The smallest absolute Gasteiger partial charge is 0.228 e. The monoisotopic (exact) mass is 364 g/mol. The van der Waals surface area contributed by atoms with Gasteiger partial charge in [0.15, 0.2) is 0 Å². The molecule has 2 aromatic rings. The van der Waals surface area contributed by atoms with Gasteiger partial charge in [-0.2, -0.15) is 0 Å². The highest BCUT2D eigenvalue weighted by atomic mass is 16.2. The van der Waals surface area contributed by atoms with Crippen molar-refractivity contribution in [1.82, 2.24) is 20.7 Å². The number of aromatic nitrogens is 1. The molecule has 5 nitrogen and oxygen atoms in total. The van der Waals surface area contributed by atoms with Crippen LogP contribution in [0.5, 0.6) is 0 Å². The van der Waals surface area contributed by atoms with Crippen LogP contribution < -0.4 is 10.9 Å². The van der Waals surface area contributed by atoms with Crippen molar-refractivity contribution in [3.05, 3.63) is 65.5 Å². The molecule has 27 heavy (non-hydrogen) atoms. The summed E-state index contributed by atoms with van der Waals surface area (Å²) in [4.78, 5) is 19.7. The van der Waals surface area contributed by atoms with Gasteiger partial charge in [-0.05, 0) is 37.5 Å². The number of hydrogen-bond donors (Lipinski definition) is 2. The maximum absolute atomic E-state index is 12.7. The Labute approximate surface area is 161 Å². The van der Waals surface area contributed by atoms with Crippen LogP contribution in [-0.2, 0) is 11.2 Å². The van der Waals surface area contributed by atoms with Crippen LogP contribution in [0.25, 0.3) is 0 Å². The number of carbonyl (C=O) groups is 1. The van der Waals surface area contributed by atoms with Crippen molar-refractivity contribution in [3.63, 3.8) is 0 Å². The van der Waals surface area contributed by atoms with Crippen LogP contribution >= 0.6 is 0 Å². The largest absolute Gasteiger partial charge is 0.342 e. The van der Waals surface area contributed by atoms with Gasteiger partial charge in [-0.25, -0.2) is 0 Å². The summed E-state index contributed by atoms with van der Waals surface area (Å²) in [5, 5.41) is 0. The lowest BCUT2D eigenvalue weighted by atomic mass is 9.91. The summed E-state index contributed by atoms with van der Waals surface area (Å²) in [5.74, 6) is 0.778. The van der Waals surface area contributed by atoms with Crippen LogP contribution in [0, 0.1) is 5.92 Å². The number of rotatable bonds is 4. The van der Waals surface area contributed by atoms with Gasteiger partial charge in [-0.15, -0.1) is 0 Å². The van der Waals surface area contributed by atoms with Crippen LogP contribution in [0.4, 0.5) is 0 Å². The molecule has 0 bridgehead atoms. The first-order chi connectivity index (χ1) is 13.2. The van der Waals surface area contributed by atoms with Crippen LogP contribution in [0.3, 0.4) is 0 Å². The minimum atomic E-state index is 0.0499. The molecule has 0 aliphatic carbocycles. The van der Waals surface area contributed by atoms with Crippen LogP contribution in [0.2, 0.25) is 0 Å². The predicted molar refractivity (Wildman–Crippen MR) is 106 cm³/mol. The number of nitrogens with zero attached hydrogens (tertiary/aromatic N) is 2. The van der Waals surface area contributed by atoms with E-state index in [2.05, 4.69) is 60.2 Å². The van der Waals surface area contributed by atoms with E-state index in [1.54, 1.807) is 0 Å². The Bertz CT molecular complexity index is 771. The zero-order valence-electron chi connectivity index (χ0n) is 15.9. The summed E-state index contributed by atoms with van der Waals surface area (Å²) < 4.78 is 0. The quantitative estimate of drug-likeness (QED) is 0.875. The van der Waals surface area contributed by atoms with Gasteiger partial charge >= 0.3 is 0 Å². The molecule has 0 spiro atoms. The molecule has 2 aliphatic heterocycles. The molecule has 142 valence electrons. The van der Waals surface area contributed by atoms with Gasteiger partial charge in [-0.1, -0.05) is 36.4 Å². The number of likely N-dealkylation sites (tertiary alicyclic amines) is 1. The Morgan fingerprint density at radius 3 is 2.59 bits per heavy atom. The lowest BCUT2D eigenvalue weighted by molar-refractivity contribution is -0.136. The van der Waals surface area contributed by atoms with E-state index in [0.29, 0.717) is 5.92 Å². The van der Waals surface area contributed by atoms with Gasteiger partial charge < -0.3 is 4.90 Å². The molecule has 2 atom stereocenters. The molecule has 1 amide bonds. The molecule has 0 radical (unpaired) electrons. The van der Waals surface area contributed by atoms with Gasteiger partial charge in [0, 0.05) is 49.4 Å². The van der Waals surface area contributed by atoms with Crippen molar-refractivity contribution < 1.29 is 4.79 Å². The van der Waals surface area contributed by atoms with Crippen molar-refractivity contribution in [2.75, 3.05) is 19.6 Å². The molecular weight excluding hydrogens is 336 g/mol. The third-order valence-corrected chi connectivity index (χ3v) is 5.85. The van der Waals surface area contributed by atoms with E-state index < -0.39 is 0 Å². The van der Waals surface area contributed by atoms with E-state index in [9.17, 15) is 4.79 Å². The Morgan fingerprint density at radius 2 is 1.89 bits per heavy atom. The molecule has 2 N–H and O–H groups in total. The Kier molecular flexibility index (Phi) is 5.50. The fraction of sp³-hybridized carbons (Fsp3) is 0.455. The third kappa shape index (κ3) is 4.20. The number of hydrazine groups is 1. The molecule has 2 fully saturated rings. The fourth-order valence-electron chi connectivity index (χ4n) is 4.17. The first-order valence-corrected chi connectivity index (χ1v) is 9.97. The van der Waals surface area contributed by atoms with Gasteiger partial charge in [0.25, 0.3) is 0 Å². The van der Waals surface area contributed by atoms with Crippen molar-refractivity contribution in [2.24, 2.45) is 5.92 Å². The van der Waals surface area contributed by atoms with E-state index in [1.165, 1.54) is 11.3 Å². The lowest BCUT2D eigenvalue weighted by Crippen LogP contribution is -2.44. The molecule has 4 rings (SSSR count). The van der Waals surface area contributed by atoms with Crippen LogP contribution in [0.15, 0.2) is 48.5 Å². The molecule has 2 aliphatic rings. The molecular formula is C22H28N4O. The summed E-state index contributed by atoms with van der Waals surface area (Å²) in [6.07, 6.45) is 2.86. The molecule has 1 aromatic carbocycles. The van der Waals surface area contributed by atoms with Gasteiger partial charge in [0.2, 0.25) is 5.91 Å². The number of amides is 1. The maximum atomic E-state index is 12.7. The van der Waals surface area contributed by atoms with Gasteiger partial charge in [-0.3, -0.25) is 20.6 Å². The summed E-state index contributed by atoms with van der Waals surface area (Å²) in [5.41, 5.74) is 9.82. The van der Waals surface area contributed by atoms with E-state index >= 15 is 0 Å². The second kappa shape index (κ2) is 8.19. The van der Waals surface area contributed by atoms with Crippen molar-refractivity contribution in [2.45, 2.75) is 38.1 Å². The molecule has 2 unspecified atom stereocenters. The van der Waals surface area contributed by atoms with Crippen molar-refractivity contribution in [1.29, 1.82) is 0 Å². The summed E-state index contributed by atoms with van der Waals surface area (Å²) in [7, 11) is 0. The van der Waals surface area contributed by atoms with E-state index in [-0.39, 0.29) is 17.9 Å². The normalized spacial score (nSPS) is 23.5. The second-order valence-electron chi connectivity index (χ2n) is 7.74. The molecule has 0 saturated carbocycles. The van der Waals surface area contributed by atoms with Gasteiger partial charge in [0.1, 0.15) is 0 Å². The average Bonchev–Trinajstić information content (AvgIpc) is 3.14. The van der Waals surface area contributed by atoms with Crippen molar-refractivity contribution in [3.8, 4) is 0 Å². The highest BCUT2D eigenvalue weighted by molar-refractivity contribution is 5.80. The molecule has 3 heterocycles. The average molecular weight is 364 g/mol. The third-order valence-electron chi connectivity index (χ3n) is 5.85. The number of hydrogen-bond acceptors (Lipinski definition) is 4. The maximum Gasteiger partial charge on any atom is 0.228 e. The first-order valence-electron chi connectivity index (χ1n) is 9.97. The number of benzene rings is 1. The van der Waals surface area contributed by atoms with Gasteiger partial charge in [0.05, 0.1) is 5.92 Å². The topological polar surface area (TPSA) is 57.3 Å². The van der Waals surface area contributed by atoms with E-state index in [0.717, 1.165) is 44.6 Å². The second-order valence-corrected chi connectivity index (χ2v) is 7.74. The zero-order valence-corrected chi connectivity index (χ0v) is 15.9. The predicted octanol–water partition coefficient (Wildman–Crippen LogP) is 2.49.